The Morgan fingerprint density at radius 3 is 2.53 bits per heavy atom. The number of benzene rings is 1. The fourth-order valence-electron chi connectivity index (χ4n) is 3.78. The largest absolute Gasteiger partial charge is 0.276 e. The number of hydrogen-bond donors (Lipinski definition) is 1. The Labute approximate surface area is 194 Å². The molecule has 0 aliphatic heterocycles. The molecule has 2 aliphatic carbocycles. The predicted molar refractivity (Wildman–Crippen MR) is 121 cm³/mol. The van der Waals surface area contributed by atoms with Gasteiger partial charge in [-0.15, -0.1) is 0 Å². The minimum atomic E-state index is -4.36. The van der Waals surface area contributed by atoms with Crippen LogP contribution in [-0.2, 0) is 20.0 Å². The van der Waals surface area contributed by atoms with Crippen LogP contribution in [0.2, 0.25) is 0 Å². The first-order valence-corrected chi connectivity index (χ1v) is 13.6. The summed E-state index contributed by atoms with van der Waals surface area (Å²) in [5.74, 6) is -1.48. The highest BCUT2D eigenvalue weighted by Crippen LogP contribution is 2.40. The van der Waals surface area contributed by atoms with Gasteiger partial charge in [0.15, 0.2) is 0 Å². The van der Waals surface area contributed by atoms with E-state index in [1.54, 1.807) is 13.0 Å². The van der Waals surface area contributed by atoms with Crippen LogP contribution in [0.5, 0.6) is 0 Å². The molecule has 1 fully saturated rings. The van der Waals surface area contributed by atoms with Gasteiger partial charge in [0.2, 0.25) is 10.0 Å². The Morgan fingerprint density at radius 1 is 1.16 bits per heavy atom. The van der Waals surface area contributed by atoms with Gasteiger partial charge >= 0.3 is 0 Å². The molecule has 1 aromatic heterocycles. The second-order valence-electron chi connectivity index (χ2n) is 8.23. The van der Waals surface area contributed by atoms with Crippen molar-refractivity contribution in [1.82, 2.24) is 3.97 Å². The summed E-state index contributed by atoms with van der Waals surface area (Å²) in [5.41, 5.74) is 0.404. The first kappa shape index (κ1) is 23.2. The van der Waals surface area contributed by atoms with Crippen LogP contribution in [0, 0.1) is 17.6 Å². The van der Waals surface area contributed by atoms with E-state index in [0.717, 1.165) is 53.3 Å². The van der Waals surface area contributed by atoms with E-state index < -0.39 is 42.1 Å². The van der Waals surface area contributed by atoms with E-state index >= 15 is 0 Å². The van der Waals surface area contributed by atoms with Crippen molar-refractivity contribution in [1.29, 1.82) is 0 Å². The molecular weight excluding hydrogens is 526 g/mol. The van der Waals surface area contributed by atoms with Gasteiger partial charge in [0, 0.05) is 18.5 Å². The minimum absolute atomic E-state index is 0.153. The van der Waals surface area contributed by atoms with Crippen molar-refractivity contribution < 1.29 is 25.6 Å². The fraction of sp³-hybridized carbons (Fsp3) is 0.333. The van der Waals surface area contributed by atoms with Gasteiger partial charge in [0.25, 0.3) is 10.0 Å². The molecule has 4 rings (SSSR count). The lowest BCUT2D eigenvalue weighted by Gasteiger charge is -2.34. The van der Waals surface area contributed by atoms with E-state index in [1.807, 2.05) is 16.9 Å². The van der Waals surface area contributed by atoms with Crippen LogP contribution in [0.4, 0.5) is 14.5 Å². The molecule has 1 atom stereocenters. The van der Waals surface area contributed by atoms with Gasteiger partial charge < -0.3 is 0 Å². The van der Waals surface area contributed by atoms with Crippen LogP contribution in [0.3, 0.4) is 0 Å². The number of halogens is 3. The zero-order valence-corrected chi connectivity index (χ0v) is 20.3. The monoisotopic (exact) mass is 546 g/mol. The molecule has 1 heterocycles. The van der Waals surface area contributed by atoms with Crippen molar-refractivity contribution in [2.75, 3.05) is 4.72 Å². The summed E-state index contributed by atoms with van der Waals surface area (Å²) in [6.45, 7) is 1.61. The van der Waals surface area contributed by atoms with Crippen molar-refractivity contribution in [3.8, 4) is 0 Å². The fourth-order valence-corrected chi connectivity index (χ4v) is 6.76. The average molecular weight is 547 g/mol. The summed E-state index contributed by atoms with van der Waals surface area (Å²) in [6.07, 6.45) is 11.1. The maximum atomic E-state index is 14.1. The Bertz CT molecular complexity index is 1350. The molecule has 0 saturated heterocycles. The normalized spacial score (nSPS) is 21.8. The third-order valence-electron chi connectivity index (χ3n) is 5.95. The van der Waals surface area contributed by atoms with Gasteiger partial charge in [-0.3, -0.25) is 8.69 Å². The first-order valence-electron chi connectivity index (χ1n) is 9.93. The van der Waals surface area contributed by atoms with E-state index in [2.05, 4.69) is 15.9 Å². The molecule has 0 bridgehead atoms. The molecule has 0 amide bonds. The average Bonchev–Trinajstić information content (AvgIpc) is 3.16. The second-order valence-corrected chi connectivity index (χ2v) is 13.1. The highest BCUT2D eigenvalue weighted by atomic mass is 79.9. The van der Waals surface area contributed by atoms with E-state index in [-0.39, 0.29) is 15.8 Å². The van der Waals surface area contributed by atoms with Crippen molar-refractivity contribution in [3.05, 3.63) is 70.5 Å². The molecule has 1 aromatic carbocycles. The topological polar surface area (TPSA) is 85.2 Å². The lowest BCUT2D eigenvalue weighted by atomic mass is 9.77. The van der Waals surface area contributed by atoms with E-state index in [1.165, 1.54) is 0 Å². The molecule has 1 unspecified atom stereocenters. The second kappa shape index (κ2) is 8.11. The van der Waals surface area contributed by atoms with Crippen LogP contribution in [0.15, 0.2) is 63.8 Å². The zero-order valence-electron chi connectivity index (χ0n) is 17.1. The lowest BCUT2D eigenvalue weighted by Crippen LogP contribution is -2.39. The lowest BCUT2D eigenvalue weighted by molar-refractivity contribution is 0.371. The SMILES string of the molecule is CC1(S(=O)(=O)n2ccc(S(=O)(=O)Nc3cc(F)c(Br)cc3F)c2)C=C(C2CCC2)C=CC1. The molecule has 32 heavy (non-hydrogen) atoms. The molecule has 0 spiro atoms. The first-order chi connectivity index (χ1) is 14.9. The Balaban J connectivity index is 1.63. The summed E-state index contributed by atoms with van der Waals surface area (Å²) in [7, 11) is -8.35. The summed E-state index contributed by atoms with van der Waals surface area (Å²) < 4.78 is 81.4. The summed E-state index contributed by atoms with van der Waals surface area (Å²) in [5, 5.41) is 0. The van der Waals surface area contributed by atoms with Gasteiger partial charge in [-0.25, -0.2) is 25.6 Å². The number of sulfonamides is 1. The van der Waals surface area contributed by atoms with Gasteiger partial charge in [-0.05, 0) is 65.7 Å². The van der Waals surface area contributed by atoms with Gasteiger partial charge in [-0.2, -0.15) is 0 Å². The molecule has 6 nitrogen and oxygen atoms in total. The molecule has 2 aliphatic rings. The molecule has 1 saturated carbocycles. The Hall–Kier alpha value is -1.98. The number of hydrogen-bond acceptors (Lipinski definition) is 4. The van der Waals surface area contributed by atoms with Gasteiger partial charge in [0.05, 0.1) is 10.2 Å². The molecular formula is C21H21BrF2N2O4S2. The highest BCUT2D eigenvalue weighted by molar-refractivity contribution is 9.10. The molecule has 172 valence electrons. The number of nitrogens with zero attached hydrogens (tertiary/aromatic N) is 1. The smallest absolute Gasteiger partial charge is 0.263 e. The van der Waals surface area contributed by atoms with Crippen LogP contribution < -0.4 is 4.72 Å². The molecule has 0 radical (unpaired) electrons. The van der Waals surface area contributed by atoms with E-state index in [9.17, 15) is 25.6 Å². The molecule has 2 aromatic rings. The standard InChI is InChI=1S/C21H21BrF2N2O4S2/c1-21(8-3-6-15(12-21)14-4-2-5-14)32(29,30)26-9-7-16(13-26)31(27,28)25-20-11-18(23)17(22)10-19(20)24/h3,6-7,9-14,25H,2,4-5,8H2,1H3. The third-order valence-corrected chi connectivity index (χ3v) is 10.2. The van der Waals surface area contributed by atoms with Crippen molar-refractivity contribution in [2.24, 2.45) is 5.92 Å². The predicted octanol–water partition coefficient (Wildman–Crippen LogP) is 4.95. The zero-order chi connectivity index (χ0) is 23.3. The highest BCUT2D eigenvalue weighted by Gasteiger charge is 2.40. The number of anilines is 1. The summed E-state index contributed by atoms with van der Waals surface area (Å²) >= 11 is 2.82. The summed E-state index contributed by atoms with van der Waals surface area (Å²) in [4.78, 5) is -0.387. The van der Waals surface area contributed by atoms with Crippen LogP contribution >= 0.6 is 15.9 Å². The molecule has 11 heteroatoms. The maximum absolute atomic E-state index is 14.1. The number of nitrogens with one attached hydrogen (secondary N) is 1. The van der Waals surface area contributed by atoms with Gasteiger partial charge in [0.1, 0.15) is 21.3 Å². The van der Waals surface area contributed by atoms with E-state index in [0.29, 0.717) is 12.0 Å². The van der Waals surface area contributed by atoms with Crippen LogP contribution in [0.25, 0.3) is 0 Å². The quantitative estimate of drug-likeness (QED) is 0.519. The number of allylic oxidation sites excluding steroid dienone is 3. The Morgan fingerprint density at radius 2 is 1.88 bits per heavy atom. The van der Waals surface area contributed by atoms with E-state index in [4.69, 9.17) is 0 Å². The van der Waals surface area contributed by atoms with Crippen molar-refractivity contribution >= 4 is 41.7 Å². The van der Waals surface area contributed by atoms with Crippen molar-refractivity contribution in [2.45, 2.75) is 42.2 Å². The van der Waals surface area contributed by atoms with Crippen LogP contribution in [-0.4, -0.2) is 25.6 Å². The summed E-state index contributed by atoms with van der Waals surface area (Å²) in [6, 6.07) is 2.60. The number of rotatable bonds is 6. The van der Waals surface area contributed by atoms with Gasteiger partial charge in [-0.1, -0.05) is 24.6 Å². The maximum Gasteiger partial charge on any atom is 0.263 e. The molecule has 1 N–H and O–H groups in total. The Kier molecular flexibility index (Phi) is 5.87. The minimum Gasteiger partial charge on any atom is -0.276 e. The third kappa shape index (κ3) is 4.06. The van der Waals surface area contributed by atoms with Crippen molar-refractivity contribution in [3.63, 3.8) is 0 Å². The number of aromatic nitrogens is 1. The van der Waals surface area contributed by atoms with Crippen LogP contribution in [0.1, 0.15) is 32.6 Å².